The smallest absolute Gasteiger partial charge is 0.146 e. The van der Waals surface area contributed by atoms with Crippen molar-refractivity contribution < 1.29 is 9.13 Å². The number of hydrogen-bond acceptors (Lipinski definition) is 5. The number of hydrogen-bond donors (Lipinski definition) is 2. The van der Waals surface area contributed by atoms with Gasteiger partial charge in [0.15, 0.2) is 0 Å². The summed E-state index contributed by atoms with van der Waals surface area (Å²) in [5.74, 6) is 0.369. The molecule has 6 nitrogen and oxygen atoms in total. The van der Waals surface area contributed by atoms with Crippen molar-refractivity contribution in [1.29, 1.82) is 0 Å². The standard InChI is InChI=1S/C29H34FN5O/c1-31-28-9-7-21(15-26(28)30)27-10-8-25-22(18-32-17-20-11-13-36-14-12-20)19-35(29(25)33-27)24-6-4-5-23(16-24)34(2)3/h4-10,15-16,19-20,31-32H,11-14,17-18H2,1-3H3. The van der Waals surface area contributed by atoms with Gasteiger partial charge >= 0.3 is 0 Å². The minimum atomic E-state index is -0.288. The largest absolute Gasteiger partial charge is 0.386 e. The number of fused-ring (bicyclic) bond motifs is 1. The maximum Gasteiger partial charge on any atom is 0.146 e. The first-order valence-corrected chi connectivity index (χ1v) is 12.6. The molecule has 2 aromatic heterocycles. The third kappa shape index (κ3) is 5.08. The summed E-state index contributed by atoms with van der Waals surface area (Å²) < 4.78 is 22.1. The average molecular weight is 488 g/mol. The van der Waals surface area contributed by atoms with Gasteiger partial charge in [0.25, 0.3) is 0 Å². The van der Waals surface area contributed by atoms with Gasteiger partial charge in [-0.15, -0.1) is 0 Å². The molecule has 1 saturated heterocycles. The Kier molecular flexibility index (Phi) is 7.20. The maximum atomic E-state index is 14.5. The maximum absolute atomic E-state index is 14.5. The summed E-state index contributed by atoms with van der Waals surface area (Å²) in [5, 5.41) is 7.64. The lowest BCUT2D eigenvalue weighted by Gasteiger charge is -2.22. The van der Waals surface area contributed by atoms with E-state index in [9.17, 15) is 4.39 Å². The SMILES string of the molecule is CNc1ccc(-c2ccc3c(CNCC4CCOCC4)cn(-c4cccc(N(C)C)c4)c3n2)cc1F. The van der Waals surface area contributed by atoms with Crippen LogP contribution < -0.4 is 15.5 Å². The predicted octanol–water partition coefficient (Wildman–Crippen LogP) is 5.46. The van der Waals surface area contributed by atoms with Gasteiger partial charge in [-0.25, -0.2) is 9.37 Å². The molecule has 5 rings (SSSR count). The first kappa shape index (κ1) is 24.3. The number of benzene rings is 2. The third-order valence-corrected chi connectivity index (χ3v) is 6.98. The van der Waals surface area contributed by atoms with E-state index in [4.69, 9.17) is 9.72 Å². The van der Waals surface area contributed by atoms with Crippen molar-refractivity contribution in [1.82, 2.24) is 14.9 Å². The van der Waals surface area contributed by atoms with Gasteiger partial charge in [0.2, 0.25) is 0 Å². The molecule has 0 aliphatic carbocycles. The van der Waals surface area contributed by atoms with E-state index in [0.29, 0.717) is 11.6 Å². The Morgan fingerprint density at radius 2 is 1.92 bits per heavy atom. The van der Waals surface area contributed by atoms with Crippen molar-refractivity contribution in [3.05, 3.63) is 72.2 Å². The molecule has 1 fully saturated rings. The van der Waals surface area contributed by atoms with Crippen LogP contribution in [0.5, 0.6) is 0 Å². The Hall–Kier alpha value is -3.42. The summed E-state index contributed by atoms with van der Waals surface area (Å²) in [7, 11) is 5.80. The Balaban J connectivity index is 1.52. The lowest BCUT2D eigenvalue weighted by Crippen LogP contribution is -2.27. The Morgan fingerprint density at radius 1 is 1.08 bits per heavy atom. The van der Waals surface area contributed by atoms with Crippen LogP contribution in [-0.4, -0.2) is 50.5 Å². The van der Waals surface area contributed by atoms with Crippen molar-refractivity contribution in [3.8, 4) is 16.9 Å². The van der Waals surface area contributed by atoms with Gasteiger partial charge in [0, 0.05) is 69.4 Å². The number of halogens is 1. The van der Waals surface area contributed by atoms with Crippen LogP contribution in [0.15, 0.2) is 60.8 Å². The fourth-order valence-electron chi connectivity index (χ4n) is 4.83. The summed E-state index contributed by atoms with van der Waals surface area (Å²) in [4.78, 5) is 7.12. The molecule has 4 aromatic rings. The predicted molar refractivity (Wildman–Crippen MR) is 146 cm³/mol. The molecular formula is C29H34FN5O. The van der Waals surface area contributed by atoms with E-state index >= 15 is 0 Å². The highest BCUT2D eigenvalue weighted by atomic mass is 19.1. The minimum Gasteiger partial charge on any atom is -0.386 e. The zero-order valence-electron chi connectivity index (χ0n) is 21.2. The second-order valence-corrected chi connectivity index (χ2v) is 9.64. The van der Waals surface area contributed by atoms with E-state index in [1.165, 1.54) is 11.6 Å². The second kappa shape index (κ2) is 10.7. The van der Waals surface area contributed by atoms with Crippen molar-refractivity contribution in [2.75, 3.05) is 51.1 Å². The van der Waals surface area contributed by atoms with Crippen LogP contribution in [0.4, 0.5) is 15.8 Å². The molecular weight excluding hydrogens is 453 g/mol. The molecule has 0 atom stereocenters. The van der Waals surface area contributed by atoms with Crippen LogP contribution in [0.3, 0.4) is 0 Å². The van der Waals surface area contributed by atoms with Gasteiger partial charge in [-0.2, -0.15) is 0 Å². The molecule has 0 spiro atoms. The van der Waals surface area contributed by atoms with Gasteiger partial charge in [-0.1, -0.05) is 12.1 Å². The summed E-state index contributed by atoms with van der Waals surface area (Å²) in [6.07, 6.45) is 4.40. The molecule has 2 N–H and O–H groups in total. The Bertz CT molecular complexity index is 1340. The van der Waals surface area contributed by atoms with Gasteiger partial charge in [0.1, 0.15) is 11.5 Å². The topological polar surface area (TPSA) is 54.4 Å². The van der Waals surface area contributed by atoms with Crippen LogP contribution in [0, 0.1) is 11.7 Å². The van der Waals surface area contributed by atoms with E-state index < -0.39 is 0 Å². The number of nitrogens with one attached hydrogen (secondary N) is 2. The van der Waals surface area contributed by atoms with E-state index in [0.717, 1.165) is 72.8 Å². The molecule has 36 heavy (non-hydrogen) atoms. The first-order valence-electron chi connectivity index (χ1n) is 12.6. The highest BCUT2D eigenvalue weighted by Gasteiger charge is 2.16. The molecule has 0 unspecified atom stereocenters. The molecule has 0 radical (unpaired) electrons. The molecule has 3 heterocycles. The van der Waals surface area contributed by atoms with Crippen molar-refractivity contribution in [3.63, 3.8) is 0 Å². The highest BCUT2D eigenvalue weighted by molar-refractivity contribution is 5.85. The van der Waals surface area contributed by atoms with Crippen LogP contribution in [-0.2, 0) is 11.3 Å². The molecule has 0 saturated carbocycles. The summed E-state index contributed by atoms with van der Waals surface area (Å²) >= 11 is 0. The summed E-state index contributed by atoms with van der Waals surface area (Å²) in [5.41, 5.74) is 6.20. The quantitative estimate of drug-likeness (QED) is 0.346. The van der Waals surface area contributed by atoms with Gasteiger partial charge in [-0.05, 0) is 73.3 Å². The normalized spacial score (nSPS) is 14.3. The number of ether oxygens (including phenoxy) is 1. The monoisotopic (exact) mass is 487 g/mol. The van der Waals surface area contributed by atoms with E-state index in [2.05, 4.69) is 56.6 Å². The molecule has 1 aliphatic rings. The fraction of sp³-hybridized carbons (Fsp3) is 0.345. The molecule has 0 amide bonds. The van der Waals surface area contributed by atoms with Crippen LogP contribution in [0.2, 0.25) is 0 Å². The van der Waals surface area contributed by atoms with Crippen LogP contribution in [0.1, 0.15) is 18.4 Å². The number of aromatic nitrogens is 2. The second-order valence-electron chi connectivity index (χ2n) is 9.64. The molecule has 1 aliphatic heterocycles. The van der Waals surface area contributed by atoms with E-state index in [1.807, 2.05) is 26.2 Å². The highest BCUT2D eigenvalue weighted by Crippen LogP contribution is 2.30. The summed E-state index contributed by atoms with van der Waals surface area (Å²) in [6.45, 7) is 3.46. The number of rotatable bonds is 8. The lowest BCUT2D eigenvalue weighted by atomic mass is 10.0. The van der Waals surface area contributed by atoms with Crippen molar-refractivity contribution in [2.24, 2.45) is 5.92 Å². The minimum absolute atomic E-state index is 0.288. The van der Waals surface area contributed by atoms with Crippen LogP contribution >= 0.6 is 0 Å². The molecule has 188 valence electrons. The van der Waals surface area contributed by atoms with Gasteiger partial charge in [0.05, 0.1) is 11.4 Å². The van der Waals surface area contributed by atoms with Gasteiger partial charge < -0.3 is 24.8 Å². The average Bonchev–Trinajstić information content (AvgIpc) is 3.27. The molecule has 7 heteroatoms. The lowest BCUT2D eigenvalue weighted by molar-refractivity contribution is 0.0662. The van der Waals surface area contributed by atoms with Gasteiger partial charge in [-0.3, -0.25) is 0 Å². The number of anilines is 2. The van der Waals surface area contributed by atoms with E-state index in [-0.39, 0.29) is 5.82 Å². The third-order valence-electron chi connectivity index (χ3n) is 6.98. The number of pyridine rings is 1. The first-order chi connectivity index (χ1) is 17.5. The zero-order chi connectivity index (χ0) is 25.1. The van der Waals surface area contributed by atoms with Crippen molar-refractivity contribution >= 4 is 22.4 Å². The summed E-state index contributed by atoms with van der Waals surface area (Å²) in [6, 6.07) is 17.7. The number of nitrogens with zero attached hydrogens (tertiary/aromatic N) is 3. The molecule has 0 bridgehead atoms. The Labute approximate surface area is 212 Å². The Morgan fingerprint density at radius 3 is 2.67 bits per heavy atom. The van der Waals surface area contributed by atoms with Crippen molar-refractivity contribution in [2.45, 2.75) is 19.4 Å². The zero-order valence-corrected chi connectivity index (χ0v) is 21.2. The van der Waals surface area contributed by atoms with Crippen LogP contribution in [0.25, 0.3) is 28.0 Å². The fourth-order valence-corrected chi connectivity index (χ4v) is 4.83. The molecule has 2 aromatic carbocycles. The van der Waals surface area contributed by atoms with E-state index in [1.54, 1.807) is 13.1 Å².